The Labute approximate surface area is 184 Å². The molecule has 1 aromatic heterocycles. The van der Waals surface area contributed by atoms with Crippen molar-refractivity contribution in [3.63, 3.8) is 0 Å². The quantitative estimate of drug-likeness (QED) is 0.530. The molecule has 0 bridgehead atoms. The lowest BCUT2D eigenvalue weighted by atomic mass is 10.2. The smallest absolute Gasteiger partial charge is 0.332 e. The Balaban J connectivity index is 1.96. The number of aromatic nitrogens is 2. The lowest BCUT2D eigenvalue weighted by Gasteiger charge is -2.23. The van der Waals surface area contributed by atoms with Gasteiger partial charge in [0.05, 0.1) is 25.1 Å². The highest BCUT2D eigenvalue weighted by atomic mass is 19.1. The van der Waals surface area contributed by atoms with E-state index >= 15 is 0 Å². The van der Waals surface area contributed by atoms with Crippen molar-refractivity contribution in [3.05, 3.63) is 66.4 Å². The third-order valence-corrected chi connectivity index (χ3v) is 4.37. The predicted molar refractivity (Wildman–Crippen MR) is 118 cm³/mol. The minimum Gasteiger partial charge on any atom is -0.497 e. The molecule has 1 atom stereocenters. The van der Waals surface area contributed by atoms with E-state index in [1.807, 2.05) is 6.92 Å². The number of hydrogen-bond donors (Lipinski definition) is 2. The molecule has 2 N–H and O–H groups in total. The molecule has 0 aliphatic rings. The first-order valence-corrected chi connectivity index (χ1v) is 9.70. The number of benzene rings is 2. The third kappa shape index (κ3) is 5.67. The molecule has 1 unspecified atom stereocenters. The van der Waals surface area contributed by atoms with Crippen LogP contribution in [0.15, 0.2) is 54.7 Å². The van der Waals surface area contributed by atoms with Crippen LogP contribution < -0.4 is 20.3 Å². The van der Waals surface area contributed by atoms with Crippen LogP contribution in [0.1, 0.15) is 6.92 Å². The van der Waals surface area contributed by atoms with E-state index in [0.29, 0.717) is 24.1 Å². The van der Waals surface area contributed by atoms with Gasteiger partial charge < -0.3 is 20.1 Å². The second-order valence-electron chi connectivity index (χ2n) is 6.83. The summed E-state index contributed by atoms with van der Waals surface area (Å²) in [6.07, 6.45) is 1.49. The van der Waals surface area contributed by atoms with Crippen LogP contribution in [-0.4, -0.2) is 42.9 Å². The maximum atomic E-state index is 14.1. The highest BCUT2D eigenvalue weighted by molar-refractivity contribution is 6.06. The zero-order chi connectivity index (χ0) is 23.1. The highest BCUT2D eigenvalue weighted by Gasteiger charge is 2.22. The topological polar surface area (TPSA) is 88.6 Å². The monoisotopic (exact) mass is 443 g/mol. The molecule has 0 radical (unpaired) electrons. The molecule has 8 nitrogen and oxygen atoms in total. The van der Waals surface area contributed by atoms with Gasteiger partial charge in [0, 0.05) is 31.5 Å². The van der Waals surface area contributed by atoms with Crippen LogP contribution in [0.2, 0.25) is 0 Å². The van der Waals surface area contributed by atoms with E-state index in [9.17, 15) is 13.6 Å². The van der Waals surface area contributed by atoms with Gasteiger partial charge in [0.1, 0.15) is 23.2 Å². The van der Waals surface area contributed by atoms with Crippen LogP contribution in [0.5, 0.6) is 5.75 Å². The fraction of sp³-hybridized carbons (Fsp3) is 0.227. The SMILES string of the molecule is COCC(C)Nc1nccc(N(C(=O)Nc2ccc(F)cc2F)c2ccc(OC)cc2)n1. The number of amides is 2. The molecule has 3 aromatic rings. The molecule has 0 aliphatic heterocycles. The Morgan fingerprint density at radius 3 is 2.53 bits per heavy atom. The zero-order valence-corrected chi connectivity index (χ0v) is 17.8. The molecule has 0 aliphatic carbocycles. The lowest BCUT2D eigenvalue weighted by Crippen LogP contribution is -2.32. The van der Waals surface area contributed by atoms with Crippen molar-refractivity contribution >= 4 is 29.2 Å². The third-order valence-electron chi connectivity index (χ3n) is 4.37. The Morgan fingerprint density at radius 2 is 1.88 bits per heavy atom. The second-order valence-corrected chi connectivity index (χ2v) is 6.83. The molecule has 0 fully saturated rings. The average Bonchev–Trinajstić information content (AvgIpc) is 2.77. The van der Waals surface area contributed by atoms with Gasteiger partial charge in [-0.15, -0.1) is 0 Å². The molecule has 168 valence electrons. The van der Waals surface area contributed by atoms with Gasteiger partial charge in [-0.3, -0.25) is 0 Å². The molecule has 0 spiro atoms. The van der Waals surface area contributed by atoms with Crippen molar-refractivity contribution in [2.75, 3.05) is 36.4 Å². The van der Waals surface area contributed by atoms with E-state index in [1.54, 1.807) is 31.4 Å². The number of rotatable bonds is 8. The number of ether oxygens (including phenoxy) is 2. The van der Waals surface area contributed by atoms with Crippen molar-refractivity contribution < 1.29 is 23.0 Å². The van der Waals surface area contributed by atoms with E-state index < -0.39 is 17.7 Å². The van der Waals surface area contributed by atoms with E-state index in [-0.39, 0.29) is 23.5 Å². The van der Waals surface area contributed by atoms with E-state index in [0.717, 1.165) is 12.1 Å². The van der Waals surface area contributed by atoms with Gasteiger partial charge in [0.15, 0.2) is 0 Å². The van der Waals surface area contributed by atoms with Crippen LogP contribution in [0.25, 0.3) is 0 Å². The van der Waals surface area contributed by atoms with Crippen LogP contribution >= 0.6 is 0 Å². The van der Waals surface area contributed by atoms with Gasteiger partial charge >= 0.3 is 6.03 Å². The summed E-state index contributed by atoms with van der Waals surface area (Å²) in [6, 6.07) is 10.3. The first-order valence-electron chi connectivity index (χ1n) is 9.70. The standard InChI is InChI=1S/C22H23F2N5O3/c1-14(13-31-2)26-21-25-11-10-20(28-21)29(16-5-7-17(32-3)8-6-16)22(30)27-19-9-4-15(23)12-18(19)24/h4-12,14H,13H2,1-3H3,(H,27,30)(H,25,26,28). The van der Waals surface area contributed by atoms with E-state index in [4.69, 9.17) is 9.47 Å². The van der Waals surface area contributed by atoms with Gasteiger partial charge in [0.25, 0.3) is 0 Å². The number of nitrogens with zero attached hydrogens (tertiary/aromatic N) is 3. The maximum Gasteiger partial charge on any atom is 0.332 e. The minimum atomic E-state index is -0.897. The number of carbonyl (C=O) groups is 1. The minimum absolute atomic E-state index is 0.0770. The fourth-order valence-electron chi connectivity index (χ4n) is 2.90. The Morgan fingerprint density at radius 1 is 1.12 bits per heavy atom. The van der Waals surface area contributed by atoms with Crippen LogP contribution in [0.3, 0.4) is 0 Å². The van der Waals surface area contributed by atoms with E-state index in [1.165, 1.54) is 24.3 Å². The Hall–Kier alpha value is -3.79. The number of nitrogens with one attached hydrogen (secondary N) is 2. The predicted octanol–water partition coefficient (Wildman–Crippen LogP) is 4.58. The second kappa shape index (κ2) is 10.5. The maximum absolute atomic E-state index is 14.1. The van der Waals surface area contributed by atoms with Gasteiger partial charge in [-0.2, -0.15) is 4.98 Å². The molecule has 10 heteroatoms. The van der Waals surface area contributed by atoms with Crippen molar-refractivity contribution in [1.82, 2.24) is 9.97 Å². The lowest BCUT2D eigenvalue weighted by molar-refractivity contribution is 0.190. The molecule has 2 amide bonds. The summed E-state index contributed by atoms with van der Waals surface area (Å²) in [5.41, 5.74) is 0.274. The van der Waals surface area contributed by atoms with Gasteiger partial charge in [-0.25, -0.2) is 23.5 Å². The van der Waals surface area contributed by atoms with Crippen molar-refractivity contribution in [2.24, 2.45) is 0 Å². The first-order chi connectivity index (χ1) is 15.4. The summed E-state index contributed by atoms with van der Waals surface area (Å²) in [5.74, 6) is -0.531. The normalized spacial score (nSPS) is 11.5. The molecule has 0 saturated carbocycles. The number of carbonyl (C=O) groups excluding carboxylic acids is 1. The van der Waals surface area contributed by atoms with Gasteiger partial charge in [0.2, 0.25) is 5.95 Å². The molecule has 3 rings (SSSR count). The van der Waals surface area contributed by atoms with Crippen LogP contribution in [0.4, 0.5) is 36.7 Å². The summed E-state index contributed by atoms with van der Waals surface area (Å²) in [5, 5.41) is 5.54. The fourth-order valence-corrected chi connectivity index (χ4v) is 2.90. The van der Waals surface area contributed by atoms with Crippen molar-refractivity contribution in [3.8, 4) is 5.75 Å². The molecular formula is C22H23F2N5O3. The van der Waals surface area contributed by atoms with Gasteiger partial charge in [-0.1, -0.05) is 0 Å². The molecule has 1 heterocycles. The summed E-state index contributed by atoms with van der Waals surface area (Å²) in [7, 11) is 3.11. The van der Waals surface area contributed by atoms with Crippen molar-refractivity contribution in [2.45, 2.75) is 13.0 Å². The molecule has 2 aromatic carbocycles. The molecular weight excluding hydrogens is 420 g/mol. The number of hydrogen-bond acceptors (Lipinski definition) is 6. The largest absolute Gasteiger partial charge is 0.497 e. The number of halogens is 2. The Kier molecular flexibility index (Phi) is 7.50. The van der Waals surface area contributed by atoms with Gasteiger partial charge in [-0.05, 0) is 43.3 Å². The Bertz CT molecular complexity index is 1070. The number of methoxy groups -OCH3 is 2. The highest BCUT2D eigenvalue weighted by Crippen LogP contribution is 2.28. The average molecular weight is 443 g/mol. The summed E-state index contributed by atoms with van der Waals surface area (Å²) >= 11 is 0. The van der Waals surface area contributed by atoms with Crippen molar-refractivity contribution in [1.29, 1.82) is 0 Å². The summed E-state index contributed by atoms with van der Waals surface area (Å²) in [4.78, 5) is 23.0. The number of urea groups is 1. The summed E-state index contributed by atoms with van der Waals surface area (Å²) < 4.78 is 37.6. The molecule has 0 saturated heterocycles. The van der Waals surface area contributed by atoms with Crippen LogP contribution in [-0.2, 0) is 4.74 Å². The van der Waals surface area contributed by atoms with E-state index in [2.05, 4.69) is 20.6 Å². The summed E-state index contributed by atoms with van der Waals surface area (Å²) in [6.45, 7) is 2.32. The zero-order valence-electron chi connectivity index (χ0n) is 17.8. The first kappa shape index (κ1) is 22.9. The van der Waals surface area contributed by atoms with Crippen LogP contribution in [0, 0.1) is 11.6 Å². The molecule has 32 heavy (non-hydrogen) atoms. The number of anilines is 4.